The highest BCUT2D eigenvalue weighted by Gasteiger charge is 2.03. The predicted molar refractivity (Wildman–Crippen MR) is 94.3 cm³/mol. The summed E-state index contributed by atoms with van der Waals surface area (Å²) in [5, 5.41) is 3.42. The third kappa shape index (κ3) is 4.12. The van der Waals surface area contributed by atoms with Crippen molar-refractivity contribution in [2.24, 2.45) is 0 Å². The minimum atomic E-state index is -0.190. The molecule has 0 aliphatic heterocycles. The highest BCUT2D eigenvalue weighted by atomic mass is 35.5. The number of amides is 1. The number of furan rings is 1. The summed E-state index contributed by atoms with van der Waals surface area (Å²) >= 11 is 6.04. The maximum atomic E-state index is 11.9. The van der Waals surface area contributed by atoms with Crippen LogP contribution in [-0.4, -0.2) is 10.9 Å². The van der Waals surface area contributed by atoms with Gasteiger partial charge in [0.2, 0.25) is 5.91 Å². The summed E-state index contributed by atoms with van der Waals surface area (Å²) < 4.78 is 5.29. The van der Waals surface area contributed by atoms with Gasteiger partial charge in [-0.2, -0.15) is 0 Å². The molecule has 0 fully saturated rings. The third-order valence-electron chi connectivity index (χ3n) is 3.38. The van der Waals surface area contributed by atoms with E-state index in [9.17, 15) is 4.79 Å². The molecular weight excluding hydrogens is 324 g/mol. The Labute approximate surface area is 144 Å². The van der Waals surface area contributed by atoms with E-state index < -0.39 is 0 Å². The van der Waals surface area contributed by atoms with E-state index in [4.69, 9.17) is 16.0 Å². The molecule has 0 saturated heterocycles. The van der Waals surface area contributed by atoms with Gasteiger partial charge in [-0.3, -0.25) is 9.78 Å². The number of nitrogens with zero attached hydrogens (tertiary/aromatic N) is 1. The van der Waals surface area contributed by atoms with E-state index in [0.29, 0.717) is 17.3 Å². The zero-order chi connectivity index (χ0) is 16.8. The summed E-state index contributed by atoms with van der Waals surface area (Å²) in [4.78, 5) is 16.2. The molecule has 1 aromatic carbocycles. The van der Waals surface area contributed by atoms with Crippen molar-refractivity contribution in [1.82, 2.24) is 10.3 Å². The maximum absolute atomic E-state index is 11.9. The van der Waals surface area contributed by atoms with E-state index in [1.165, 1.54) is 6.08 Å². The molecule has 2 aromatic heterocycles. The SMILES string of the molecule is O=C(/C=C/c1ccccc1Cl)NCc1ccc(-c2ccco2)nc1. The number of aromatic nitrogens is 1. The van der Waals surface area contributed by atoms with Gasteiger partial charge in [0.15, 0.2) is 5.76 Å². The lowest BCUT2D eigenvalue weighted by Gasteiger charge is -2.03. The number of hydrogen-bond acceptors (Lipinski definition) is 3. The number of pyridine rings is 1. The Kier molecular flexibility index (Phi) is 5.08. The quantitative estimate of drug-likeness (QED) is 0.705. The minimum absolute atomic E-state index is 0.190. The van der Waals surface area contributed by atoms with Crippen molar-refractivity contribution in [3.8, 4) is 11.5 Å². The van der Waals surface area contributed by atoms with Crippen LogP contribution in [0.5, 0.6) is 0 Å². The molecule has 5 heteroatoms. The molecule has 3 aromatic rings. The predicted octanol–water partition coefficient (Wildman–Crippen LogP) is 4.32. The molecule has 1 amide bonds. The topological polar surface area (TPSA) is 55.1 Å². The summed E-state index contributed by atoms with van der Waals surface area (Å²) in [7, 11) is 0. The van der Waals surface area contributed by atoms with E-state index >= 15 is 0 Å². The molecule has 24 heavy (non-hydrogen) atoms. The molecule has 0 spiro atoms. The number of nitrogens with one attached hydrogen (secondary N) is 1. The smallest absolute Gasteiger partial charge is 0.244 e. The number of rotatable bonds is 5. The number of halogens is 1. The Hall–Kier alpha value is -2.85. The van der Waals surface area contributed by atoms with Crippen molar-refractivity contribution in [2.75, 3.05) is 0 Å². The molecule has 0 radical (unpaired) electrons. The van der Waals surface area contributed by atoms with E-state index in [-0.39, 0.29) is 5.91 Å². The monoisotopic (exact) mass is 338 g/mol. The Morgan fingerprint density at radius 1 is 1.17 bits per heavy atom. The first-order chi connectivity index (χ1) is 11.7. The van der Waals surface area contributed by atoms with E-state index in [1.807, 2.05) is 42.5 Å². The van der Waals surface area contributed by atoms with Crippen molar-refractivity contribution in [2.45, 2.75) is 6.54 Å². The molecule has 120 valence electrons. The highest BCUT2D eigenvalue weighted by molar-refractivity contribution is 6.32. The largest absolute Gasteiger partial charge is 0.463 e. The van der Waals surface area contributed by atoms with Crippen LogP contribution in [0.1, 0.15) is 11.1 Å². The van der Waals surface area contributed by atoms with Crippen LogP contribution < -0.4 is 5.32 Å². The lowest BCUT2D eigenvalue weighted by Crippen LogP contribution is -2.20. The van der Waals surface area contributed by atoms with Crippen molar-refractivity contribution in [3.63, 3.8) is 0 Å². The van der Waals surface area contributed by atoms with Gasteiger partial charge in [0.1, 0.15) is 5.69 Å². The lowest BCUT2D eigenvalue weighted by molar-refractivity contribution is -0.116. The fourth-order valence-electron chi connectivity index (χ4n) is 2.12. The molecule has 0 bridgehead atoms. The normalized spacial score (nSPS) is 10.9. The maximum Gasteiger partial charge on any atom is 0.244 e. The zero-order valence-electron chi connectivity index (χ0n) is 12.8. The molecule has 0 saturated carbocycles. The first kappa shape index (κ1) is 16.0. The first-order valence-corrected chi connectivity index (χ1v) is 7.79. The van der Waals surface area contributed by atoms with Gasteiger partial charge in [-0.15, -0.1) is 0 Å². The Morgan fingerprint density at radius 3 is 2.75 bits per heavy atom. The zero-order valence-corrected chi connectivity index (χ0v) is 13.5. The van der Waals surface area contributed by atoms with Gasteiger partial charge in [-0.05, 0) is 41.5 Å². The van der Waals surface area contributed by atoms with Crippen LogP contribution in [0.25, 0.3) is 17.5 Å². The standard InChI is InChI=1S/C19H15ClN2O2/c20-16-5-2-1-4-15(16)8-10-19(23)22-13-14-7-9-17(21-12-14)18-6-3-11-24-18/h1-12H,13H2,(H,22,23)/b10-8+. The molecule has 0 unspecified atom stereocenters. The summed E-state index contributed by atoms with van der Waals surface area (Å²) in [6.07, 6.45) is 6.48. The second-order valence-electron chi connectivity index (χ2n) is 5.10. The van der Waals surface area contributed by atoms with E-state index in [0.717, 1.165) is 16.8 Å². The highest BCUT2D eigenvalue weighted by Crippen LogP contribution is 2.17. The second-order valence-corrected chi connectivity index (χ2v) is 5.51. The van der Waals surface area contributed by atoms with Crippen LogP contribution >= 0.6 is 11.6 Å². The molecule has 0 aliphatic carbocycles. The van der Waals surface area contributed by atoms with Crippen LogP contribution in [0.2, 0.25) is 5.02 Å². The second kappa shape index (κ2) is 7.62. The number of carbonyl (C=O) groups is 1. The molecular formula is C19H15ClN2O2. The summed E-state index contributed by atoms with van der Waals surface area (Å²) in [5.41, 5.74) is 2.47. The van der Waals surface area contributed by atoms with Crippen LogP contribution in [0.4, 0.5) is 0 Å². The summed E-state index contributed by atoms with van der Waals surface area (Å²) in [6, 6.07) is 14.8. The van der Waals surface area contributed by atoms with E-state index in [2.05, 4.69) is 10.3 Å². The van der Waals surface area contributed by atoms with Gasteiger partial charge in [0.05, 0.1) is 6.26 Å². The summed E-state index contributed by atoms with van der Waals surface area (Å²) in [5.74, 6) is 0.526. The Morgan fingerprint density at radius 2 is 2.04 bits per heavy atom. The molecule has 2 heterocycles. The van der Waals surface area contributed by atoms with Crippen molar-refractivity contribution < 1.29 is 9.21 Å². The average molecular weight is 339 g/mol. The van der Waals surface area contributed by atoms with E-state index in [1.54, 1.807) is 24.6 Å². The molecule has 0 atom stereocenters. The van der Waals surface area contributed by atoms with Gasteiger partial charge in [0.25, 0.3) is 0 Å². The molecule has 0 aliphatic rings. The van der Waals surface area contributed by atoms with Crippen molar-refractivity contribution in [1.29, 1.82) is 0 Å². The Balaban J connectivity index is 1.55. The van der Waals surface area contributed by atoms with Crippen LogP contribution in [-0.2, 0) is 11.3 Å². The molecule has 1 N–H and O–H groups in total. The van der Waals surface area contributed by atoms with Crippen molar-refractivity contribution in [3.05, 3.63) is 83.2 Å². The molecule has 3 rings (SSSR count). The number of hydrogen-bond donors (Lipinski definition) is 1. The van der Waals surface area contributed by atoms with Crippen molar-refractivity contribution >= 4 is 23.6 Å². The van der Waals surface area contributed by atoms with Crippen LogP contribution in [0.3, 0.4) is 0 Å². The van der Waals surface area contributed by atoms with Gasteiger partial charge in [-0.1, -0.05) is 35.9 Å². The van der Waals surface area contributed by atoms with Gasteiger partial charge in [0, 0.05) is 23.8 Å². The number of carbonyl (C=O) groups excluding carboxylic acids is 1. The van der Waals surface area contributed by atoms with Crippen LogP contribution in [0.15, 0.2) is 71.5 Å². The van der Waals surface area contributed by atoms with Gasteiger partial charge >= 0.3 is 0 Å². The van der Waals surface area contributed by atoms with Gasteiger partial charge < -0.3 is 9.73 Å². The summed E-state index contributed by atoms with van der Waals surface area (Å²) in [6.45, 7) is 0.400. The fraction of sp³-hybridized carbons (Fsp3) is 0.0526. The van der Waals surface area contributed by atoms with Gasteiger partial charge in [-0.25, -0.2) is 0 Å². The third-order valence-corrected chi connectivity index (χ3v) is 3.73. The first-order valence-electron chi connectivity index (χ1n) is 7.41. The molecule has 4 nitrogen and oxygen atoms in total. The minimum Gasteiger partial charge on any atom is -0.463 e. The Bertz CT molecular complexity index is 840. The van der Waals surface area contributed by atoms with Crippen LogP contribution in [0, 0.1) is 0 Å². The fourth-order valence-corrected chi connectivity index (χ4v) is 2.32. The lowest BCUT2D eigenvalue weighted by atomic mass is 10.2. The average Bonchev–Trinajstić information content (AvgIpc) is 3.14. The number of benzene rings is 1.